The highest BCUT2D eigenvalue weighted by molar-refractivity contribution is 7.89. The van der Waals surface area contributed by atoms with Crippen molar-refractivity contribution in [1.29, 1.82) is 0 Å². The number of carbonyl (C=O) groups excluding carboxylic acids is 1. The molecular formula is C6H15N3O3S. The van der Waals surface area contributed by atoms with E-state index in [4.69, 9.17) is 10.9 Å². The van der Waals surface area contributed by atoms with Gasteiger partial charge in [-0.2, -0.15) is 0 Å². The molecule has 0 aliphatic rings. The molecule has 0 heterocycles. The molecule has 0 aromatic rings. The highest BCUT2D eigenvalue weighted by Crippen LogP contribution is 1.89. The molecule has 0 radical (unpaired) electrons. The maximum Gasteiger partial charge on any atom is 0.224 e. The fourth-order valence-corrected chi connectivity index (χ4v) is 0.984. The molecule has 0 aliphatic carbocycles. The molecule has 1 atom stereocenters. The van der Waals surface area contributed by atoms with Gasteiger partial charge in [0, 0.05) is 19.0 Å². The van der Waals surface area contributed by atoms with E-state index in [1.807, 2.05) is 0 Å². The summed E-state index contributed by atoms with van der Waals surface area (Å²) in [4.78, 5) is 11.0. The number of nitrogens with two attached hydrogens (primary N) is 2. The fourth-order valence-electron chi connectivity index (χ4n) is 0.598. The Kier molecular flexibility index (Phi) is 4.89. The van der Waals surface area contributed by atoms with Gasteiger partial charge in [0.05, 0.1) is 5.75 Å². The minimum absolute atomic E-state index is 0.0298. The zero-order valence-electron chi connectivity index (χ0n) is 7.49. The van der Waals surface area contributed by atoms with E-state index in [2.05, 4.69) is 5.32 Å². The highest BCUT2D eigenvalue weighted by Gasteiger charge is 2.10. The van der Waals surface area contributed by atoms with Crippen LogP contribution in [0.4, 0.5) is 0 Å². The van der Waals surface area contributed by atoms with Crippen LogP contribution in [0.1, 0.15) is 6.92 Å². The summed E-state index contributed by atoms with van der Waals surface area (Å²) < 4.78 is 20.9. The third-order valence-corrected chi connectivity index (χ3v) is 2.26. The van der Waals surface area contributed by atoms with Crippen molar-refractivity contribution in [2.24, 2.45) is 16.8 Å². The Labute approximate surface area is 77.7 Å². The standard InChI is InChI=1S/C6H15N3O3S/c1-5(4-7)6(10)9-2-3-13(8,11)12/h5H,2-4,7H2,1H3,(H,9,10)(H2,8,11,12). The molecular weight excluding hydrogens is 194 g/mol. The molecule has 0 spiro atoms. The van der Waals surface area contributed by atoms with E-state index in [0.29, 0.717) is 0 Å². The maximum absolute atomic E-state index is 11.0. The van der Waals surface area contributed by atoms with Crippen LogP contribution in [0.5, 0.6) is 0 Å². The second kappa shape index (κ2) is 5.15. The number of hydrogen-bond donors (Lipinski definition) is 3. The Balaban J connectivity index is 3.72. The van der Waals surface area contributed by atoms with Gasteiger partial charge < -0.3 is 11.1 Å². The van der Waals surface area contributed by atoms with Gasteiger partial charge in [-0.25, -0.2) is 13.6 Å². The van der Waals surface area contributed by atoms with Crippen molar-refractivity contribution in [3.8, 4) is 0 Å². The Morgan fingerprint density at radius 3 is 2.46 bits per heavy atom. The number of hydrogen-bond acceptors (Lipinski definition) is 4. The highest BCUT2D eigenvalue weighted by atomic mass is 32.2. The molecule has 78 valence electrons. The van der Waals surface area contributed by atoms with Crippen LogP contribution in [-0.4, -0.2) is 33.2 Å². The third kappa shape index (κ3) is 6.50. The largest absolute Gasteiger partial charge is 0.355 e. The number of primary sulfonamides is 1. The van der Waals surface area contributed by atoms with Crippen LogP contribution in [0.2, 0.25) is 0 Å². The minimum atomic E-state index is -3.50. The molecule has 0 aliphatic heterocycles. The van der Waals surface area contributed by atoms with E-state index in [0.717, 1.165) is 0 Å². The number of nitrogens with one attached hydrogen (secondary N) is 1. The molecule has 1 amide bonds. The molecule has 7 heteroatoms. The summed E-state index contributed by atoms with van der Waals surface area (Å²) in [6.45, 7) is 1.93. The summed E-state index contributed by atoms with van der Waals surface area (Å²) in [5.41, 5.74) is 5.23. The monoisotopic (exact) mass is 209 g/mol. The molecule has 0 aromatic carbocycles. The number of amides is 1. The second-order valence-corrected chi connectivity index (χ2v) is 4.53. The van der Waals surface area contributed by atoms with Gasteiger partial charge in [-0.15, -0.1) is 0 Å². The zero-order chi connectivity index (χ0) is 10.5. The van der Waals surface area contributed by atoms with Gasteiger partial charge in [0.15, 0.2) is 0 Å². The summed E-state index contributed by atoms with van der Waals surface area (Å²) in [5, 5.41) is 7.14. The van der Waals surface area contributed by atoms with Gasteiger partial charge in [-0.05, 0) is 0 Å². The Hall–Kier alpha value is -0.660. The van der Waals surface area contributed by atoms with Crippen molar-refractivity contribution in [1.82, 2.24) is 5.32 Å². The van der Waals surface area contributed by atoms with Crippen molar-refractivity contribution in [2.75, 3.05) is 18.8 Å². The average Bonchev–Trinajstić information content (AvgIpc) is 2.00. The van der Waals surface area contributed by atoms with Gasteiger partial charge >= 0.3 is 0 Å². The van der Waals surface area contributed by atoms with Gasteiger partial charge in [0.2, 0.25) is 15.9 Å². The first kappa shape index (κ1) is 12.3. The van der Waals surface area contributed by atoms with Crippen LogP contribution in [0.25, 0.3) is 0 Å². The van der Waals surface area contributed by atoms with Crippen molar-refractivity contribution < 1.29 is 13.2 Å². The predicted molar refractivity (Wildman–Crippen MR) is 49.2 cm³/mol. The fraction of sp³-hybridized carbons (Fsp3) is 0.833. The molecule has 0 fully saturated rings. The van der Waals surface area contributed by atoms with Gasteiger partial charge in [0.25, 0.3) is 0 Å². The molecule has 0 saturated carbocycles. The van der Waals surface area contributed by atoms with E-state index in [1.54, 1.807) is 6.92 Å². The lowest BCUT2D eigenvalue weighted by Gasteiger charge is -2.08. The first-order chi connectivity index (χ1) is 5.87. The quantitative estimate of drug-likeness (QED) is 0.485. The summed E-state index contributed by atoms with van der Waals surface area (Å²) in [7, 11) is -3.50. The molecule has 0 bridgehead atoms. The summed E-state index contributed by atoms with van der Waals surface area (Å²) in [6, 6.07) is 0. The van der Waals surface area contributed by atoms with Crippen molar-refractivity contribution in [3.05, 3.63) is 0 Å². The summed E-state index contributed by atoms with van der Waals surface area (Å²) in [6.07, 6.45) is 0. The summed E-state index contributed by atoms with van der Waals surface area (Å²) in [5.74, 6) is -0.817. The molecule has 13 heavy (non-hydrogen) atoms. The molecule has 5 N–H and O–H groups in total. The molecule has 6 nitrogen and oxygen atoms in total. The Morgan fingerprint density at radius 2 is 2.08 bits per heavy atom. The van der Waals surface area contributed by atoms with Crippen molar-refractivity contribution >= 4 is 15.9 Å². The van der Waals surface area contributed by atoms with Crippen LogP contribution < -0.4 is 16.2 Å². The van der Waals surface area contributed by atoms with Crippen LogP contribution in [0.3, 0.4) is 0 Å². The Bertz CT molecular complexity index is 262. The Morgan fingerprint density at radius 1 is 1.54 bits per heavy atom. The van der Waals surface area contributed by atoms with Crippen LogP contribution in [0, 0.1) is 5.92 Å². The summed E-state index contributed by atoms with van der Waals surface area (Å²) >= 11 is 0. The molecule has 0 aromatic heterocycles. The first-order valence-corrected chi connectivity index (χ1v) is 5.56. The van der Waals surface area contributed by atoms with E-state index < -0.39 is 10.0 Å². The molecule has 1 unspecified atom stereocenters. The van der Waals surface area contributed by atoms with Gasteiger partial charge in [-0.3, -0.25) is 4.79 Å². The number of carbonyl (C=O) groups is 1. The lowest BCUT2D eigenvalue weighted by Crippen LogP contribution is -2.37. The zero-order valence-corrected chi connectivity index (χ0v) is 8.30. The van der Waals surface area contributed by atoms with Crippen LogP contribution in [-0.2, 0) is 14.8 Å². The maximum atomic E-state index is 11.0. The smallest absolute Gasteiger partial charge is 0.224 e. The van der Waals surface area contributed by atoms with Crippen molar-refractivity contribution in [3.63, 3.8) is 0 Å². The normalized spacial score (nSPS) is 13.8. The van der Waals surface area contributed by atoms with E-state index in [-0.39, 0.29) is 30.7 Å². The minimum Gasteiger partial charge on any atom is -0.355 e. The molecule has 0 saturated heterocycles. The van der Waals surface area contributed by atoms with Crippen LogP contribution >= 0.6 is 0 Å². The predicted octanol–water partition coefficient (Wildman–Crippen LogP) is -2.01. The SMILES string of the molecule is CC(CN)C(=O)NCCS(N)(=O)=O. The lowest BCUT2D eigenvalue weighted by atomic mass is 10.2. The number of rotatable bonds is 5. The second-order valence-electron chi connectivity index (χ2n) is 2.79. The average molecular weight is 209 g/mol. The topological polar surface area (TPSA) is 115 Å². The van der Waals surface area contributed by atoms with E-state index in [1.165, 1.54) is 0 Å². The van der Waals surface area contributed by atoms with E-state index >= 15 is 0 Å². The molecule has 0 rings (SSSR count). The number of sulfonamides is 1. The van der Waals surface area contributed by atoms with Crippen molar-refractivity contribution in [2.45, 2.75) is 6.92 Å². The van der Waals surface area contributed by atoms with Gasteiger partial charge in [-0.1, -0.05) is 6.92 Å². The van der Waals surface area contributed by atoms with E-state index in [9.17, 15) is 13.2 Å². The van der Waals surface area contributed by atoms with Crippen LogP contribution in [0.15, 0.2) is 0 Å². The lowest BCUT2D eigenvalue weighted by molar-refractivity contribution is -0.124. The van der Waals surface area contributed by atoms with Gasteiger partial charge in [0.1, 0.15) is 0 Å². The first-order valence-electron chi connectivity index (χ1n) is 3.85. The third-order valence-electron chi connectivity index (χ3n) is 1.49.